The van der Waals surface area contributed by atoms with Crippen LogP contribution in [-0.2, 0) is 9.47 Å². The van der Waals surface area contributed by atoms with Gasteiger partial charge in [0.25, 0.3) is 0 Å². The normalized spacial score (nSPS) is 21.7. The van der Waals surface area contributed by atoms with E-state index in [9.17, 15) is 0 Å². The molecule has 1 aliphatic carbocycles. The Labute approximate surface area is 80.6 Å². The maximum atomic E-state index is 5.74. The summed E-state index contributed by atoms with van der Waals surface area (Å²) in [5.41, 5.74) is 5.66. The first-order valence-corrected chi connectivity index (χ1v) is 5.25. The first-order chi connectivity index (χ1) is 6.33. The van der Waals surface area contributed by atoms with E-state index in [1.807, 2.05) is 6.92 Å². The summed E-state index contributed by atoms with van der Waals surface area (Å²) in [6.45, 7) is 3.70. The van der Waals surface area contributed by atoms with Gasteiger partial charge >= 0.3 is 0 Å². The number of rotatable bonds is 5. The molecule has 0 amide bonds. The zero-order valence-corrected chi connectivity index (χ0v) is 8.55. The molecule has 0 aromatic rings. The van der Waals surface area contributed by atoms with Gasteiger partial charge in [0.1, 0.15) is 6.79 Å². The van der Waals surface area contributed by atoms with E-state index in [4.69, 9.17) is 15.2 Å². The van der Waals surface area contributed by atoms with Crippen molar-refractivity contribution >= 4 is 0 Å². The lowest BCUT2D eigenvalue weighted by atomic mass is 9.85. The first-order valence-electron chi connectivity index (χ1n) is 5.25. The van der Waals surface area contributed by atoms with Crippen molar-refractivity contribution in [2.45, 2.75) is 44.6 Å². The molecule has 13 heavy (non-hydrogen) atoms. The van der Waals surface area contributed by atoms with Crippen LogP contribution in [0.15, 0.2) is 0 Å². The van der Waals surface area contributed by atoms with Gasteiger partial charge in [-0.25, -0.2) is 0 Å². The zero-order valence-electron chi connectivity index (χ0n) is 8.55. The average Bonchev–Trinajstić information content (AvgIpc) is 2.20. The van der Waals surface area contributed by atoms with Crippen LogP contribution in [0.4, 0.5) is 0 Å². The SMILES string of the molecule is CCOCOC1(CN)CCCCC1. The summed E-state index contributed by atoms with van der Waals surface area (Å²) in [4.78, 5) is 0. The second-order valence-electron chi connectivity index (χ2n) is 3.70. The summed E-state index contributed by atoms with van der Waals surface area (Å²) in [5.74, 6) is 0. The Balaban J connectivity index is 2.29. The third-order valence-electron chi connectivity index (χ3n) is 2.79. The summed E-state index contributed by atoms with van der Waals surface area (Å²) in [5, 5.41) is 0. The summed E-state index contributed by atoms with van der Waals surface area (Å²) in [6.07, 6.45) is 5.99. The Hall–Kier alpha value is -0.120. The Morgan fingerprint density at radius 3 is 2.46 bits per heavy atom. The lowest BCUT2D eigenvalue weighted by molar-refractivity contribution is -0.149. The molecule has 0 atom stereocenters. The van der Waals surface area contributed by atoms with Crippen LogP contribution < -0.4 is 5.73 Å². The Morgan fingerprint density at radius 2 is 1.92 bits per heavy atom. The number of hydrogen-bond acceptors (Lipinski definition) is 3. The van der Waals surface area contributed by atoms with E-state index in [1.165, 1.54) is 19.3 Å². The molecule has 0 spiro atoms. The molecule has 0 saturated heterocycles. The summed E-state index contributed by atoms with van der Waals surface area (Å²) in [6, 6.07) is 0. The van der Waals surface area contributed by atoms with Gasteiger partial charge in [-0.05, 0) is 19.8 Å². The van der Waals surface area contributed by atoms with Crippen LogP contribution in [0.1, 0.15) is 39.0 Å². The molecular weight excluding hydrogens is 166 g/mol. The quantitative estimate of drug-likeness (QED) is 0.526. The predicted molar refractivity (Wildman–Crippen MR) is 52.4 cm³/mol. The van der Waals surface area contributed by atoms with Crippen LogP contribution >= 0.6 is 0 Å². The zero-order chi connectivity index (χ0) is 9.57. The van der Waals surface area contributed by atoms with Crippen molar-refractivity contribution in [1.82, 2.24) is 0 Å². The van der Waals surface area contributed by atoms with E-state index in [2.05, 4.69) is 0 Å². The molecule has 0 aromatic heterocycles. The van der Waals surface area contributed by atoms with Crippen molar-refractivity contribution in [1.29, 1.82) is 0 Å². The Kier molecular flexibility index (Phi) is 4.70. The van der Waals surface area contributed by atoms with E-state index in [0.717, 1.165) is 12.8 Å². The summed E-state index contributed by atoms with van der Waals surface area (Å²) >= 11 is 0. The van der Waals surface area contributed by atoms with Crippen molar-refractivity contribution in [2.75, 3.05) is 19.9 Å². The minimum Gasteiger partial charge on any atom is -0.356 e. The molecule has 3 heteroatoms. The third kappa shape index (κ3) is 3.25. The van der Waals surface area contributed by atoms with E-state index < -0.39 is 0 Å². The van der Waals surface area contributed by atoms with Gasteiger partial charge < -0.3 is 15.2 Å². The molecule has 0 aliphatic heterocycles. The minimum atomic E-state index is -0.0760. The lowest BCUT2D eigenvalue weighted by Crippen LogP contribution is -2.43. The molecule has 0 radical (unpaired) electrons. The molecule has 0 unspecified atom stereocenters. The van der Waals surface area contributed by atoms with E-state index >= 15 is 0 Å². The van der Waals surface area contributed by atoms with E-state index in [0.29, 0.717) is 19.9 Å². The largest absolute Gasteiger partial charge is 0.356 e. The molecule has 1 aliphatic rings. The predicted octanol–water partition coefficient (Wildman–Crippen LogP) is 1.66. The van der Waals surface area contributed by atoms with E-state index in [1.54, 1.807) is 0 Å². The minimum absolute atomic E-state index is 0.0760. The number of nitrogens with two attached hydrogens (primary N) is 1. The molecule has 2 N–H and O–H groups in total. The summed E-state index contributed by atoms with van der Waals surface area (Å²) < 4.78 is 10.9. The van der Waals surface area contributed by atoms with Crippen LogP contribution in [0, 0.1) is 0 Å². The van der Waals surface area contributed by atoms with Gasteiger partial charge in [0, 0.05) is 13.2 Å². The van der Waals surface area contributed by atoms with Gasteiger partial charge in [-0.1, -0.05) is 19.3 Å². The number of hydrogen-bond donors (Lipinski definition) is 1. The van der Waals surface area contributed by atoms with Crippen molar-refractivity contribution in [3.63, 3.8) is 0 Å². The Morgan fingerprint density at radius 1 is 1.23 bits per heavy atom. The van der Waals surface area contributed by atoms with E-state index in [-0.39, 0.29) is 5.60 Å². The maximum absolute atomic E-state index is 5.74. The molecule has 3 nitrogen and oxygen atoms in total. The smallest absolute Gasteiger partial charge is 0.147 e. The fourth-order valence-corrected chi connectivity index (χ4v) is 1.85. The van der Waals surface area contributed by atoms with Gasteiger partial charge in [0.05, 0.1) is 5.60 Å². The second kappa shape index (κ2) is 5.58. The molecule has 0 aromatic carbocycles. The van der Waals surface area contributed by atoms with Crippen molar-refractivity contribution < 1.29 is 9.47 Å². The van der Waals surface area contributed by atoms with Crippen LogP contribution in [0.5, 0.6) is 0 Å². The van der Waals surface area contributed by atoms with Gasteiger partial charge in [-0.15, -0.1) is 0 Å². The van der Waals surface area contributed by atoms with Crippen LogP contribution in [0.25, 0.3) is 0 Å². The maximum Gasteiger partial charge on any atom is 0.147 e. The molecule has 1 rings (SSSR count). The molecule has 0 heterocycles. The fourth-order valence-electron chi connectivity index (χ4n) is 1.85. The Bertz CT molecular complexity index is 133. The van der Waals surface area contributed by atoms with Gasteiger partial charge in [-0.2, -0.15) is 0 Å². The highest BCUT2D eigenvalue weighted by atomic mass is 16.7. The molecule has 1 fully saturated rings. The average molecular weight is 187 g/mol. The fraction of sp³-hybridized carbons (Fsp3) is 1.00. The second-order valence-corrected chi connectivity index (χ2v) is 3.70. The van der Waals surface area contributed by atoms with Gasteiger partial charge in [-0.3, -0.25) is 0 Å². The van der Waals surface area contributed by atoms with Crippen LogP contribution in [0.3, 0.4) is 0 Å². The van der Waals surface area contributed by atoms with Gasteiger partial charge in [0.15, 0.2) is 0 Å². The van der Waals surface area contributed by atoms with Gasteiger partial charge in [0.2, 0.25) is 0 Å². The van der Waals surface area contributed by atoms with Crippen LogP contribution in [0.2, 0.25) is 0 Å². The molecule has 0 bridgehead atoms. The molecular formula is C10H21NO2. The highest BCUT2D eigenvalue weighted by Crippen LogP contribution is 2.30. The lowest BCUT2D eigenvalue weighted by Gasteiger charge is -2.35. The summed E-state index contributed by atoms with van der Waals surface area (Å²) in [7, 11) is 0. The van der Waals surface area contributed by atoms with Crippen molar-refractivity contribution in [3.8, 4) is 0 Å². The highest BCUT2D eigenvalue weighted by Gasteiger charge is 2.31. The molecule has 78 valence electrons. The van der Waals surface area contributed by atoms with Crippen LogP contribution in [-0.4, -0.2) is 25.5 Å². The highest BCUT2D eigenvalue weighted by molar-refractivity contribution is 4.84. The monoisotopic (exact) mass is 187 g/mol. The van der Waals surface area contributed by atoms with Crippen molar-refractivity contribution in [3.05, 3.63) is 0 Å². The van der Waals surface area contributed by atoms with Crippen molar-refractivity contribution in [2.24, 2.45) is 5.73 Å². The third-order valence-corrected chi connectivity index (χ3v) is 2.79. The number of ether oxygens (including phenoxy) is 2. The first kappa shape index (κ1) is 11.0. The standard InChI is InChI=1S/C10H21NO2/c1-2-12-9-13-10(8-11)6-4-3-5-7-10/h2-9,11H2,1H3. The molecule has 1 saturated carbocycles. The topological polar surface area (TPSA) is 44.5 Å².